The van der Waals surface area contributed by atoms with Gasteiger partial charge in [0.05, 0.1) is 28.6 Å². The van der Waals surface area contributed by atoms with E-state index in [4.69, 9.17) is 5.10 Å². The molecule has 2 heterocycles. The Labute approximate surface area is 242 Å². The summed E-state index contributed by atoms with van der Waals surface area (Å²) in [6, 6.07) is 17.5. The van der Waals surface area contributed by atoms with Crippen molar-refractivity contribution >= 4 is 34.0 Å². The number of nitrogens with one attached hydrogen (secondary N) is 2. The zero-order valence-corrected chi connectivity index (χ0v) is 24.8. The first-order valence-corrected chi connectivity index (χ1v) is 14.9. The van der Waals surface area contributed by atoms with E-state index in [1.165, 1.54) is 29.5 Å². The fourth-order valence-electron chi connectivity index (χ4n) is 5.10. The van der Waals surface area contributed by atoms with Crippen molar-refractivity contribution in [2.24, 2.45) is 0 Å². The van der Waals surface area contributed by atoms with E-state index in [2.05, 4.69) is 52.8 Å². The zero-order valence-electron chi connectivity index (χ0n) is 24.0. The highest BCUT2D eigenvalue weighted by molar-refractivity contribution is 7.89. The third-order valence-electron chi connectivity index (χ3n) is 7.64. The van der Waals surface area contributed by atoms with Crippen LogP contribution in [0.3, 0.4) is 0 Å². The number of nitrogens with zero attached hydrogens (tertiary/aromatic N) is 5. The first-order chi connectivity index (χ1) is 19.6. The maximum absolute atomic E-state index is 12.5. The van der Waals surface area contributed by atoms with Crippen LogP contribution in [0.5, 0.6) is 0 Å². The smallest absolute Gasteiger partial charge is 0.242 e. The molecule has 0 aliphatic carbocycles. The van der Waals surface area contributed by atoms with Gasteiger partial charge in [-0.25, -0.2) is 12.7 Å². The van der Waals surface area contributed by atoms with Crippen molar-refractivity contribution in [2.75, 3.05) is 32.5 Å². The number of amides is 1. The van der Waals surface area contributed by atoms with Crippen molar-refractivity contribution in [3.05, 3.63) is 77.1 Å². The zero-order chi connectivity index (χ0) is 29.6. The molecule has 41 heavy (non-hydrogen) atoms. The standard InChI is InChI=1S/C30H37N7O3S/c1-23-5-7-25(8-6-23)21-36-19-15-30(14-17-31,16-20-36)37-28(13-18-32-22-38)24(2)29(34-37)33-26-9-11-27(12-10-26)41(39,40)35(3)4/h5-13,18,22H,14-16,19-21H2,1-4H3,(H,32,38)(H,33,34)/b18-13-. The van der Waals surface area contributed by atoms with Gasteiger partial charge in [0.25, 0.3) is 0 Å². The number of piperidine rings is 1. The molecule has 10 nitrogen and oxygen atoms in total. The lowest BCUT2D eigenvalue weighted by atomic mass is 9.84. The van der Waals surface area contributed by atoms with Crippen LogP contribution in [0.25, 0.3) is 6.08 Å². The van der Waals surface area contributed by atoms with E-state index in [9.17, 15) is 18.5 Å². The molecule has 0 unspecified atom stereocenters. The summed E-state index contributed by atoms with van der Waals surface area (Å²) in [4.78, 5) is 13.5. The molecule has 216 valence electrons. The lowest BCUT2D eigenvalue weighted by molar-refractivity contribution is -0.108. The molecule has 0 spiro atoms. The molecule has 11 heteroatoms. The van der Waals surface area contributed by atoms with Crippen molar-refractivity contribution in [2.45, 2.75) is 50.1 Å². The molecule has 0 bridgehead atoms. The third kappa shape index (κ3) is 6.68. The summed E-state index contributed by atoms with van der Waals surface area (Å²) in [6.07, 6.45) is 5.74. The maximum Gasteiger partial charge on any atom is 0.242 e. The van der Waals surface area contributed by atoms with Crippen molar-refractivity contribution < 1.29 is 13.2 Å². The van der Waals surface area contributed by atoms with Crippen LogP contribution in [-0.2, 0) is 26.9 Å². The van der Waals surface area contributed by atoms with E-state index in [-0.39, 0.29) is 4.90 Å². The topological polar surface area (TPSA) is 123 Å². The molecule has 3 aromatic rings. The highest BCUT2D eigenvalue weighted by Gasteiger charge is 2.39. The Hall–Kier alpha value is -3.98. The fraction of sp³-hybridized carbons (Fsp3) is 0.367. The van der Waals surface area contributed by atoms with Crippen molar-refractivity contribution in [3.63, 3.8) is 0 Å². The second kappa shape index (κ2) is 12.7. The number of rotatable bonds is 11. The SMILES string of the molecule is Cc1ccc(CN2CCC(CC#N)(n3nc(Nc4ccc(S(=O)(=O)N(C)C)cc4)c(C)c3/C=C\NC=O)CC2)cc1. The van der Waals surface area contributed by atoms with E-state index < -0.39 is 15.6 Å². The van der Waals surface area contributed by atoms with Crippen LogP contribution in [0.1, 0.15) is 41.6 Å². The van der Waals surface area contributed by atoms with Gasteiger partial charge in [0.15, 0.2) is 5.82 Å². The highest BCUT2D eigenvalue weighted by Crippen LogP contribution is 2.38. The molecule has 0 atom stereocenters. The van der Waals surface area contributed by atoms with Crippen LogP contribution in [-0.4, -0.2) is 61.0 Å². The Morgan fingerprint density at radius 1 is 1.07 bits per heavy atom. The second-order valence-electron chi connectivity index (χ2n) is 10.6. The van der Waals surface area contributed by atoms with E-state index in [0.29, 0.717) is 24.3 Å². The number of anilines is 2. The van der Waals surface area contributed by atoms with Gasteiger partial charge in [0.1, 0.15) is 0 Å². The Morgan fingerprint density at radius 3 is 2.32 bits per heavy atom. The molecule has 2 aromatic carbocycles. The summed E-state index contributed by atoms with van der Waals surface area (Å²) in [5.74, 6) is 0.596. The number of likely N-dealkylation sites (tertiary alicyclic amines) is 1. The van der Waals surface area contributed by atoms with Crippen molar-refractivity contribution in [3.8, 4) is 6.07 Å². The normalized spacial score (nSPS) is 15.6. The Kier molecular flexibility index (Phi) is 9.28. The van der Waals surface area contributed by atoms with Gasteiger partial charge in [-0.1, -0.05) is 29.8 Å². The number of sulfonamides is 1. The molecule has 4 rings (SSSR count). The number of nitriles is 1. The third-order valence-corrected chi connectivity index (χ3v) is 9.47. The average molecular weight is 576 g/mol. The van der Waals surface area contributed by atoms with Gasteiger partial charge < -0.3 is 10.6 Å². The summed E-state index contributed by atoms with van der Waals surface area (Å²) >= 11 is 0. The molecule has 1 aliphatic heterocycles. The first kappa shape index (κ1) is 30.0. The fourth-order valence-corrected chi connectivity index (χ4v) is 6.00. The van der Waals surface area contributed by atoms with E-state index in [1.807, 2.05) is 11.6 Å². The van der Waals surface area contributed by atoms with E-state index in [1.54, 1.807) is 36.5 Å². The van der Waals surface area contributed by atoms with Crippen molar-refractivity contribution in [1.82, 2.24) is 24.3 Å². The molecule has 1 aliphatic rings. The number of aryl methyl sites for hydroxylation is 1. The van der Waals surface area contributed by atoms with Crippen LogP contribution >= 0.6 is 0 Å². The van der Waals surface area contributed by atoms with Gasteiger partial charge in [-0.3, -0.25) is 14.4 Å². The number of hydrogen-bond donors (Lipinski definition) is 2. The monoisotopic (exact) mass is 575 g/mol. The Bertz CT molecular complexity index is 1530. The second-order valence-corrected chi connectivity index (χ2v) is 12.8. The lowest BCUT2D eigenvalue weighted by Crippen LogP contribution is -2.46. The molecule has 0 radical (unpaired) electrons. The maximum atomic E-state index is 12.5. The Balaban J connectivity index is 1.63. The summed E-state index contributed by atoms with van der Waals surface area (Å²) < 4.78 is 28.0. The van der Waals surface area contributed by atoms with E-state index in [0.717, 1.165) is 43.7 Å². The van der Waals surface area contributed by atoms with Gasteiger partial charge in [0, 0.05) is 51.2 Å². The molecule has 0 saturated carbocycles. The van der Waals surface area contributed by atoms with Crippen LogP contribution < -0.4 is 10.6 Å². The van der Waals surface area contributed by atoms with Gasteiger partial charge in [-0.2, -0.15) is 10.4 Å². The van der Waals surface area contributed by atoms with Crippen molar-refractivity contribution in [1.29, 1.82) is 5.26 Å². The number of benzene rings is 2. The molecule has 1 aromatic heterocycles. The van der Waals surface area contributed by atoms with Crippen LogP contribution in [0.4, 0.5) is 11.5 Å². The molecule has 1 amide bonds. The van der Waals surface area contributed by atoms with Crippen LogP contribution in [0.2, 0.25) is 0 Å². The van der Waals surface area contributed by atoms with Gasteiger partial charge in [-0.15, -0.1) is 0 Å². The van der Waals surface area contributed by atoms with Crippen LogP contribution in [0.15, 0.2) is 59.6 Å². The molecule has 1 fully saturated rings. The Morgan fingerprint density at radius 2 is 1.73 bits per heavy atom. The number of aromatic nitrogens is 2. The highest BCUT2D eigenvalue weighted by atomic mass is 32.2. The molecule has 1 saturated heterocycles. The minimum Gasteiger partial charge on any atom is -0.339 e. The molecule has 2 N–H and O–H groups in total. The summed E-state index contributed by atoms with van der Waals surface area (Å²) in [5.41, 5.74) is 4.29. The van der Waals surface area contributed by atoms with Gasteiger partial charge >= 0.3 is 0 Å². The summed E-state index contributed by atoms with van der Waals surface area (Å²) in [6.45, 7) is 6.49. The lowest BCUT2D eigenvalue weighted by Gasteiger charge is -2.41. The summed E-state index contributed by atoms with van der Waals surface area (Å²) in [7, 11) is -0.547. The predicted octanol–water partition coefficient (Wildman–Crippen LogP) is 4.12. The predicted molar refractivity (Wildman–Crippen MR) is 160 cm³/mol. The molecular formula is C30H37N7O3S. The van der Waals surface area contributed by atoms with Gasteiger partial charge in [-0.05, 0) is 62.6 Å². The number of carbonyl (C=O) groups is 1. The quantitative estimate of drug-likeness (QED) is 0.330. The van der Waals surface area contributed by atoms with Crippen LogP contribution in [0, 0.1) is 25.2 Å². The van der Waals surface area contributed by atoms with E-state index >= 15 is 0 Å². The first-order valence-electron chi connectivity index (χ1n) is 13.5. The summed E-state index contributed by atoms with van der Waals surface area (Å²) in [5, 5.41) is 20.7. The van der Waals surface area contributed by atoms with Gasteiger partial charge in [0.2, 0.25) is 16.4 Å². The number of hydrogen-bond acceptors (Lipinski definition) is 7. The number of carbonyl (C=O) groups excluding carboxylic acids is 1. The largest absolute Gasteiger partial charge is 0.339 e. The molecular weight excluding hydrogens is 538 g/mol. The average Bonchev–Trinajstić information content (AvgIpc) is 3.27. The minimum absolute atomic E-state index is 0.198. The minimum atomic E-state index is -3.54.